The molecule has 7 heteroatoms. The van der Waals surface area contributed by atoms with Gasteiger partial charge in [-0.2, -0.15) is 0 Å². The summed E-state index contributed by atoms with van der Waals surface area (Å²) in [5.74, 6) is -0.00407. The average Bonchev–Trinajstić information content (AvgIpc) is 2.95. The second kappa shape index (κ2) is 8.71. The summed E-state index contributed by atoms with van der Waals surface area (Å²) in [6, 6.07) is 13.9. The van der Waals surface area contributed by atoms with Crippen LogP contribution in [0.1, 0.15) is 28.0 Å². The minimum absolute atomic E-state index is 0.00954. The molecule has 0 radical (unpaired) electrons. The molecule has 0 aliphatic carbocycles. The first-order valence-corrected chi connectivity index (χ1v) is 10.2. The number of fused-ring (bicyclic) bond motifs is 1. The van der Waals surface area contributed by atoms with Crippen LogP contribution in [-0.2, 0) is 11.3 Å². The molecule has 0 unspecified atom stereocenters. The lowest BCUT2D eigenvalue weighted by Gasteiger charge is -2.22. The topological polar surface area (TPSA) is 62.7 Å². The summed E-state index contributed by atoms with van der Waals surface area (Å²) < 4.78 is 19.2. The zero-order valence-electron chi connectivity index (χ0n) is 17.6. The minimum Gasteiger partial charge on any atom is -0.497 e. The van der Waals surface area contributed by atoms with Crippen LogP contribution in [0.25, 0.3) is 10.9 Å². The van der Waals surface area contributed by atoms with Crippen LogP contribution in [0.15, 0.2) is 48.5 Å². The van der Waals surface area contributed by atoms with Gasteiger partial charge in [0.15, 0.2) is 0 Å². The fourth-order valence-corrected chi connectivity index (χ4v) is 3.85. The second-order valence-corrected chi connectivity index (χ2v) is 7.68. The molecule has 6 nitrogen and oxygen atoms in total. The Morgan fingerprint density at radius 1 is 1.16 bits per heavy atom. The summed E-state index contributed by atoms with van der Waals surface area (Å²) in [6.45, 7) is 3.24. The fourth-order valence-electron chi connectivity index (χ4n) is 3.85. The van der Waals surface area contributed by atoms with Gasteiger partial charge in [-0.05, 0) is 43.2 Å². The van der Waals surface area contributed by atoms with Crippen LogP contribution in [0.3, 0.4) is 0 Å². The van der Waals surface area contributed by atoms with Crippen LogP contribution >= 0.6 is 0 Å². The quantitative estimate of drug-likeness (QED) is 0.646. The Labute approximate surface area is 180 Å². The van der Waals surface area contributed by atoms with E-state index in [1.54, 1.807) is 42.0 Å². The van der Waals surface area contributed by atoms with Crippen LogP contribution in [0.4, 0.5) is 4.39 Å². The summed E-state index contributed by atoms with van der Waals surface area (Å²) in [4.78, 5) is 33.7. The largest absolute Gasteiger partial charge is 0.497 e. The van der Waals surface area contributed by atoms with Crippen molar-refractivity contribution in [2.75, 3.05) is 26.7 Å². The van der Waals surface area contributed by atoms with Gasteiger partial charge >= 0.3 is 0 Å². The van der Waals surface area contributed by atoms with E-state index in [1.165, 1.54) is 6.07 Å². The van der Waals surface area contributed by atoms with E-state index in [9.17, 15) is 14.0 Å². The van der Waals surface area contributed by atoms with Crippen molar-refractivity contribution in [1.29, 1.82) is 0 Å². The molecule has 4 rings (SSSR count). The Kier molecular flexibility index (Phi) is 5.84. The van der Waals surface area contributed by atoms with E-state index < -0.39 is 5.82 Å². The van der Waals surface area contributed by atoms with E-state index in [0.717, 1.165) is 11.3 Å². The number of aromatic nitrogens is 1. The highest BCUT2D eigenvalue weighted by Gasteiger charge is 2.27. The van der Waals surface area contributed by atoms with Gasteiger partial charge in [-0.15, -0.1) is 0 Å². The zero-order chi connectivity index (χ0) is 22.0. The molecule has 1 aliphatic rings. The van der Waals surface area contributed by atoms with Gasteiger partial charge in [0.05, 0.1) is 18.4 Å². The predicted octanol–water partition coefficient (Wildman–Crippen LogP) is 3.57. The molecule has 0 N–H and O–H groups in total. The van der Waals surface area contributed by atoms with Gasteiger partial charge in [-0.3, -0.25) is 9.59 Å². The highest BCUT2D eigenvalue weighted by Crippen LogP contribution is 2.21. The summed E-state index contributed by atoms with van der Waals surface area (Å²) >= 11 is 0. The Morgan fingerprint density at radius 2 is 1.94 bits per heavy atom. The number of aryl methyl sites for hydroxylation is 1. The number of halogens is 1. The van der Waals surface area contributed by atoms with Crippen LogP contribution in [0.2, 0.25) is 0 Å². The summed E-state index contributed by atoms with van der Waals surface area (Å²) in [7, 11) is 1.61. The first-order valence-electron chi connectivity index (χ1n) is 10.2. The summed E-state index contributed by atoms with van der Waals surface area (Å²) in [5, 5.41) is 0.566. The Hall–Kier alpha value is -3.48. The molecule has 2 aromatic carbocycles. The average molecular weight is 421 g/mol. The maximum atomic E-state index is 14.0. The van der Waals surface area contributed by atoms with E-state index in [2.05, 4.69) is 4.98 Å². The maximum absolute atomic E-state index is 14.0. The monoisotopic (exact) mass is 421 g/mol. The molecule has 1 saturated heterocycles. The minimum atomic E-state index is -0.418. The molecular weight excluding hydrogens is 397 g/mol. The van der Waals surface area contributed by atoms with Gasteiger partial charge < -0.3 is 14.5 Å². The number of carbonyl (C=O) groups is 2. The first kappa shape index (κ1) is 20.8. The van der Waals surface area contributed by atoms with Crippen molar-refractivity contribution in [3.05, 3.63) is 71.2 Å². The number of hydrogen-bond donors (Lipinski definition) is 0. The Balaban J connectivity index is 1.51. The smallest absolute Gasteiger partial charge is 0.256 e. The number of rotatable bonds is 4. The van der Waals surface area contributed by atoms with Gasteiger partial charge in [0.1, 0.15) is 23.6 Å². The molecule has 0 atom stereocenters. The van der Waals surface area contributed by atoms with Crippen molar-refractivity contribution < 1.29 is 18.7 Å². The lowest BCUT2D eigenvalue weighted by atomic mass is 10.1. The number of benzene rings is 2. The number of nitrogens with zero attached hydrogens (tertiary/aromatic N) is 3. The number of pyridine rings is 1. The number of amides is 2. The normalized spacial score (nSPS) is 14.6. The van der Waals surface area contributed by atoms with Gasteiger partial charge in [0.2, 0.25) is 5.91 Å². The van der Waals surface area contributed by atoms with Gasteiger partial charge in [-0.1, -0.05) is 24.3 Å². The lowest BCUT2D eigenvalue weighted by molar-refractivity contribution is -0.131. The molecule has 3 aromatic rings. The van der Waals surface area contributed by atoms with Crippen molar-refractivity contribution in [2.24, 2.45) is 0 Å². The standard InChI is InChI=1S/C24H24FN3O3/c1-16-20(13-18-5-3-6-21(25)23(18)26-16)24(30)28-12-4-11-27(22(29)15-28)14-17-7-9-19(31-2)10-8-17/h3,5-10,13H,4,11-12,14-15H2,1-2H3. The first-order chi connectivity index (χ1) is 15.0. The number of ether oxygens (including phenoxy) is 1. The van der Waals surface area contributed by atoms with E-state index in [1.807, 2.05) is 24.3 Å². The van der Waals surface area contributed by atoms with Crippen LogP contribution in [0, 0.1) is 12.7 Å². The Morgan fingerprint density at radius 3 is 2.68 bits per heavy atom. The lowest BCUT2D eigenvalue weighted by Crippen LogP contribution is -2.39. The SMILES string of the molecule is COc1ccc(CN2CCCN(C(=O)c3cc4cccc(F)c4nc3C)CC2=O)cc1. The molecule has 0 bridgehead atoms. The van der Waals surface area contributed by atoms with Gasteiger partial charge in [-0.25, -0.2) is 9.37 Å². The van der Waals surface area contributed by atoms with Crippen LogP contribution in [-0.4, -0.2) is 53.3 Å². The molecule has 0 spiro atoms. The van der Waals surface area contributed by atoms with Gasteiger partial charge in [0, 0.05) is 25.0 Å². The molecule has 2 amide bonds. The number of carbonyl (C=O) groups excluding carboxylic acids is 2. The number of methoxy groups -OCH3 is 1. The van der Waals surface area contributed by atoms with Crippen molar-refractivity contribution in [2.45, 2.75) is 19.9 Å². The third-order valence-electron chi connectivity index (χ3n) is 5.57. The van der Waals surface area contributed by atoms with Crippen molar-refractivity contribution >= 4 is 22.7 Å². The molecule has 1 aromatic heterocycles. The predicted molar refractivity (Wildman–Crippen MR) is 115 cm³/mol. The molecule has 2 heterocycles. The van der Waals surface area contributed by atoms with Crippen molar-refractivity contribution in [3.63, 3.8) is 0 Å². The third kappa shape index (κ3) is 4.35. The fraction of sp³-hybridized carbons (Fsp3) is 0.292. The summed E-state index contributed by atoms with van der Waals surface area (Å²) in [5.41, 5.74) is 2.10. The van der Waals surface area contributed by atoms with E-state index >= 15 is 0 Å². The van der Waals surface area contributed by atoms with Gasteiger partial charge in [0.25, 0.3) is 5.91 Å². The third-order valence-corrected chi connectivity index (χ3v) is 5.57. The summed E-state index contributed by atoms with van der Waals surface area (Å²) in [6.07, 6.45) is 0.683. The van der Waals surface area contributed by atoms with Crippen LogP contribution < -0.4 is 4.74 Å². The van der Waals surface area contributed by atoms with Crippen molar-refractivity contribution in [3.8, 4) is 5.75 Å². The molecule has 1 aliphatic heterocycles. The van der Waals surface area contributed by atoms with Crippen molar-refractivity contribution in [1.82, 2.24) is 14.8 Å². The molecule has 1 fully saturated rings. The van der Waals surface area contributed by atoms with Crippen LogP contribution in [0.5, 0.6) is 5.75 Å². The van der Waals surface area contributed by atoms with E-state index in [-0.39, 0.29) is 23.9 Å². The Bertz CT molecular complexity index is 1130. The molecular formula is C24H24FN3O3. The molecule has 31 heavy (non-hydrogen) atoms. The number of para-hydroxylation sites is 1. The highest BCUT2D eigenvalue weighted by molar-refractivity contribution is 6.00. The molecule has 0 saturated carbocycles. The maximum Gasteiger partial charge on any atom is 0.256 e. The highest BCUT2D eigenvalue weighted by atomic mass is 19.1. The second-order valence-electron chi connectivity index (χ2n) is 7.68. The number of hydrogen-bond acceptors (Lipinski definition) is 4. The van der Waals surface area contributed by atoms with E-state index in [0.29, 0.717) is 42.7 Å². The zero-order valence-corrected chi connectivity index (χ0v) is 17.6. The molecule has 160 valence electrons. The van der Waals surface area contributed by atoms with E-state index in [4.69, 9.17) is 4.74 Å².